The zero-order valence-corrected chi connectivity index (χ0v) is 13.0. The minimum Gasteiger partial charge on any atom is -0.497 e. The van der Waals surface area contributed by atoms with E-state index in [1.807, 2.05) is 54.6 Å². The van der Waals surface area contributed by atoms with Crippen LogP contribution in [0.5, 0.6) is 5.75 Å². The van der Waals surface area contributed by atoms with Crippen LogP contribution in [0.3, 0.4) is 0 Å². The summed E-state index contributed by atoms with van der Waals surface area (Å²) in [4.78, 5) is 12.5. The van der Waals surface area contributed by atoms with E-state index in [9.17, 15) is 4.79 Å². The van der Waals surface area contributed by atoms with Crippen LogP contribution in [-0.2, 0) is 0 Å². The quantitative estimate of drug-likeness (QED) is 0.805. The predicted molar refractivity (Wildman–Crippen MR) is 91.4 cm³/mol. The maximum atomic E-state index is 12.5. The Morgan fingerprint density at radius 3 is 2.52 bits per heavy atom. The number of anilines is 1. The van der Waals surface area contributed by atoms with Crippen molar-refractivity contribution >= 4 is 5.69 Å². The van der Waals surface area contributed by atoms with Crippen LogP contribution in [0.1, 0.15) is 0 Å². The van der Waals surface area contributed by atoms with E-state index in [1.54, 1.807) is 20.2 Å². The van der Waals surface area contributed by atoms with Gasteiger partial charge in [0, 0.05) is 12.6 Å². The molecule has 1 N–H and O–H groups in total. The summed E-state index contributed by atoms with van der Waals surface area (Å²) in [6.07, 6.45) is 0. The molecule has 3 aromatic rings. The van der Waals surface area contributed by atoms with Gasteiger partial charge in [-0.1, -0.05) is 30.3 Å². The summed E-state index contributed by atoms with van der Waals surface area (Å²) in [5, 5.41) is 7.44. The molecule has 0 unspecified atom stereocenters. The Bertz CT molecular complexity index is 873. The smallest absolute Gasteiger partial charge is 0.294 e. The van der Waals surface area contributed by atoms with Gasteiger partial charge in [-0.2, -0.15) is 9.78 Å². The fourth-order valence-corrected chi connectivity index (χ4v) is 2.34. The normalized spacial score (nSPS) is 10.3. The van der Waals surface area contributed by atoms with E-state index in [0.29, 0.717) is 11.4 Å². The SMILES string of the molecule is CNc1cc(-c2cccc(OC)c2)nn(-c2ccccc2)c1=O. The maximum absolute atomic E-state index is 12.5. The first kappa shape index (κ1) is 14.8. The Hall–Kier alpha value is -3.08. The van der Waals surface area contributed by atoms with Crippen molar-refractivity contribution in [2.45, 2.75) is 0 Å². The summed E-state index contributed by atoms with van der Waals surface area (Å²) < 4.78 is 6.66. The molecule has 116 valence electrons. The average Bonchev–Trinajstić information content (AvgIpc) is 2.62. The first-order chi connectivity index (χ1) is 11.2. The van der Waals surface area contributed by atoms with Crippen molar-refractivity contribution in [2.24, 2.45) is 0 Å². The first-order valence-corrected chi connectivity index (χ1v) is 7.25. The van der Waals surface area contributed by atoms with Gasteiger partial charge in [0.2, 0.25) is 0 Å². The lowest BCUT2D eigenvalue weighted by atomic mass is 10.1. The van der Waals surface area contributed by atoms with Crippen molar-refractivity contribution in [1.82, 2.24) is 9.78 Å². The summed E-state index contributed by atoms with van der Waals surface area (Å²) in [5.41, 5.74) is 2.59. The third-order valence-corrected chi connectivity index (χ3v) is 3.55. The van der Waals surface area contributed by atoms with Gasteiger partial charge in [-0.25, -0.2) is 0 Å². The Morgan fingerprint density at radius 2 is 1.83 bits per heavy atom. The second-order valence-electron chi connectivity index (χ2n) is 4.98. The highest BCUT2D eigenvalue weighted by Crippen LogP contribution is 2.23. The van der Waals surface area contributed by atoms with E-state index in [0.717, 1.165) is 17.0 Å². The second-order valence-corrected chi connectivity index (χ2v) is 4.98. The molecule has 5 heteroatoms. The Kier molecular flexibility index (Phi) is 4.10. The Morgan fingerprint density at radius 1 is 1.04 bits per heavy atom. The van der Waals surface area contributed by atoms with Gasteiger partial charge in [-0.05, 0) is 30.3 Å². The molecule has 3 rings (SSSR count). The van der Waals surface area contributed by atoms with E-state index < -0.39 is 0 Å². The summed E-state index contributed by atoms with van der Waals surface area (Å²) in [6.45, 7) is 0. The van der Waals surface area contributed by atoms with Crippen molar-refractivity contribution in [1.29, 1.82) is 0 Å². The number of nitrogens with zero attached hydrogens (tertiary/aromatic N) is 2. The van der Waals surface area contributed by atoms with Gasteiger partial charge in [0.1, 0.15) is 11.4 Å². The van der Waals surface area contributed by atoms with Gasteiger partial charge in [0.25, 0.3) is 5.56 Å². The number of methoxy groups -OCH3 is 1. The lowest BCUT2D eigenvalue weighted by molar-refractivity contribution is 0.415. The molecular formula is C18H17N3O2. The van der Waals surface area contributed by atoms with Crippen molar-refractivity contribution in [2.75, 3.05) is 19.5 Å². The molecule has 1 aromatic heterocycles. The second kappa shape index (κ2) is 6.36. The molecule has 0 aliphatic rings. The van der Waals surface area contributed by atoms with Crippen LogP contribution >= 0.6 is 0 Å². The third kappa shape index (κ3) is 2.94. The molecule has 0 bridgehead atoms. The highest BCUT2D eigenvalue weighted by atomic mass is 16.5. The van der Waals surface area contributed by atoms with Gasteiger partial charge in [0.15, 0.2) is 0 Å². The van der Waals surface area contributed by atoms with E-state index in [-0.39, 0.29) is 5.56 Å². The first-order valence-electron chi connectivity index (χ1n) is 7.25. The molecule has 0 spiro atoms. The van der Waals surface area contributed by atoms with E-state index in [4.69, 9.17) is 4.74 Å². The molecule has 1 heterocycles. The Balaban J connectivity index is 2.20. The van der Waals surface area contributed by atoms with E-state index >= 15 is 0 Å². The molecule has 0 saturated heterocycles. The summed E-state index contributed by atoms with van der Waals surface area (Å²) in [6, 6.07) is 18.7. The molecule has 0 fully saturated rings. The molecule has 0 saturated carbocycles. The molecule has 0 atom stereocenters. The minimum absolute atomic E-state index is 0.189. The fraction of sp³-hybridized carbons (Fsp3) is 0.111. The summed E-state index contributed by atoms with van der Waals surface area (Å²) in [5.74, 6) is 0.743. The summed E-state index contributed by atoms with van der Waals surface area (Å²) in [7, 11) is 3.35. The standard InChI is InChI=1S/C18H17N3O2/c1-19-17-12-16(13-7-6-10-15(11-13)23-2)20-21(18(17)22)14-8-4-3-5-9-14/h3-12,19H,1-2H3. The largest absolute Gasteiger partial charge is 0.497 e. The molecule has 5 nitrogen and oxygen atoms in total. The molecule has 2 aromatic carbocycles. The van der Waals surface area contributed by atoms with Crippen LogP contribution in [0.2, 0.25) is 0 Å². The lowest BCUT2D eigenvalue weighted by Crippen LogP contribution is -2.24. The van der Waals surface area contributed by atoms with Crippen molar-refractivity contribution in [3.8, 4) is 22.7 Å². The number of benzene rings is 2. The summed E-state index contributed by atoms with van der Waals surface area (Å²) >= 11 is 0. The molecule has 0 aliphatic heterocycles. The molecule has 0 amide bonds. The van der Waals surface area contributed by atoms with Crippen LogP contribution in [-0.4, -0.2) is 23.9 Å². The fourth-order valence-electron chi connectivity index (χ4n) is 2.34. The highest BCUT2D eigenvalue weighted by molar-refractivity contribution is 5.65. The van der Waals surface area contributed by atoms with Crippen molar-refractivity contribution < 1.29 is 4.74 Å². The van der Waals surface area contributed by atoms with Gasteiger partial charge < -0.3 is 10.1 Å². The maximum Gasteiger partial charge on any atom is 0.294 e. The van der Waals surface area contributed by atoms with E-state index in [2.05, 4.69) is 10.4 Å². The highest BCUT2D eigenvalue weighted by Gasteiger charge is 2.11. The number of rotatable bonds is 4. The Labute approximate surface area is 134 Å². The monoisotopic (exact) mass is 307 g/mol. The van der Waals surface area contributed by atoms with E-state index in [1.165, 1.54) is 4.68 Å². The molecule has 0 aliphatic carbocycles. The van der Waals surface area contributed by atoms with Gasteiger partial charge >= 0.3 is 0 Å². The molecule has 0 radical (unpaired) electrons. The molecule has 23 heavy (non-hydrogen) atoms. The van der Waals surface area contributed by atoms with Gasteiger partial charge in [0.05, 0.1) is 18.5 Å². The van der Waals surface area contributed by atoms with Crippen LogP contribution in [0.4, 0.5) is 5.69 Å². The predicted octanol–water partition coefficient (Wildman–Crippen LogP) is 2.95. The number of ether oxygens (including phenoxy) is 1. The number of hydrogen-bond acceptors (Lipinski definition) is 4. The number of nitrogens with one attached hydrogen (secondary N) is 1. The minimum atomic E-state index is -0.189. The van der Waals surface area contributed by atoms with Crippen LogP contribution in [0, 0.1) is 0 Å². The van der Waals surface area contributed by atoms with Gasteiger partial charge in [-0.15, -0.1) is 0 Å². The van der Waals surface area contributed by atoms with Crippen molar-refractivity contribution in [3.63, 3.8) is 0 Å². The van der Waals surface area contributed by atoms with Crippen molar-refractivity contribution in [3.05, 3.63) is 71.0 Å². The number of para-hydroxylation sites is 1. The van der Waals surface area contributed by atoms with Crippen LogP contribution < -0.4 is 15.6 Å². The van der Waals surface area contributed by atoms with Gasteiger partial charge in [-0.3, -0.25) is 4.79 Å². The molecular weight excluding hydrogens is 290 g/mol. The van der Waals surface area contributed by atoms with Crippen LogP contribution in [0.25, 0.3) is 16.9 Å². The number of hydrogen-bond donors (Lipinski definition) is 1. The average molecular weight is 307 g/mol. The third-order valence-electron chi connectivity index (χ3n) is 3.55. The zero-order valence-electron chi connectivity index (χ0n) is 13.0. The topological polar surface area (TPSA) is 56.1 Å². The number of aromatic nitrogens is 2. The zero-order chi connectivity index (χ0) is 16.2. The lowest BCUT2D eigenvalue weighted by Gasteiger charge is -2.11. The van der Waals surface area contributed by atoms with Crippen LogP contribution in [0.15, 0.2) is 65.5 Å².